The van der Waals surface area contributed by atoms with Crippen LogP contribution >= 0.6 is 11.3 Å². The number of aryl methyl sites for hydroxylation is 2. The van der Waals surface area contributed by atoms with E-state index in [2.05, 4.69) is 25.8 Å². The third kappa shape index (κ3) is 3.08. The van der Waals surface area contributed by atoms with Crippen molar-refractivity contribution in [2.24, 2.45) is 7.05 Å². The van der Waals surface area contributed by atoms with Gasteiger partial charge >= 0.3 is 0 Å². The molecule has 1 N–H and O–H groups in total. The average molecular weight is 373 g/mol. The van der Waals surface area contributed by atoms with Crippen LogP contribution in [0.5, 0.6) is 0 Å². The number of aromatic nitrogens is 5. The Bertz CT molecular complexity index is 989. The first kappa shape index (κ1) is 16.4. The van der Waals surface area contributed by atoms with E-state index in [1.54, 1.807) is 31.1 Å². The minimum atomic E-state index is -0.375. The summed E-state index contributed by atoms with van der Waals surface area (Å²) in [5, 5.41) is 14.5. The number of rotatable bonds is 3. The van der Waals surface area contributed by atoms with Gasteiger partial charge in [-0.1, -0.05) is 21.7 Å². The SMILES string of the molecule is Cc1cc(C(=O)Nc2nc3c(s2)CN(C(=O)c2cn(C)nn2)CC3)no1. The van der Waals surface area contributed by atoms with Gasteiger partial charge in [0, 0.05) is 31.0 Å². The monoisotopic (exact) mass is 373 g/mol. The van der Waals surface area contributed by atoms with E-state index >= 15 is 0 Å². The van der Waals surface area contributed by atoms with Crippen molar-refractivity contribution in [3.8, 4) is 0 Å². The Morgan fingerprint density at radius 2 is 2.19 bits per heavy atom. The van der Waals surface area contributed by atoms with Crippen molar-refractivity contribution in [2.45, 2.75) is 19.9 Å². The first-order valence-electron chi connectivity index (χ1n) is 7.88. The quantitative estimate of drug-likeness (QED) is 0.728. The number of amides is 2. The molecule has 0 aromatic carbocycles. The first-order valence-corrected chi connectivity index (χ1v) is 8.70. The van der Waals surface area contributed by atoms with Crippen molar-refractivity contribution < 1.29 is 14.1 Å². The maximum atomic E-state index is 12.5. The van der Waals surface area contributed by atoms with E-state index in [0.29, 0.717) is 36.1 Å². The molecular formula is C15H15N7O3S. The summed E-state index contributed by atoms with van der Waals surface area (Å²) >= 11 is 1.35. The molecule has 11 heteroatoms. The fourth-order valence-electron chi connectivity index (χ4n) is 2.66. The topological polar surface area (TPSA) is 119 Å². The molecule has 0 fully saturated rings. The van der Waals surface area contributed by atoms with Gasteiger partial charge in [-0.25, -0.2) is 4.98 Å². The zero-order chi connectivity index (χ0) is 18.3. The van der Waals surface area contributed by atoms with Gasteiger partial charge in [-0.3, -0.25) is 19.6 Å². The fraction of sp³-hybridized carbons (Fsp3) is 0.333. The molecule has 134 valence electrons. The number of fused-ring (bicyclic) bond motifs is 1. The Hall–Kier alpha value is -3.08. The molecule has 1 aliphatic rings. The van der Waals surface area contributed by atoms with Crippen molar-refractivity contribution in [1.29, 1.82) is 0 Å². The summed E-state index contributed by atoms with van der Waals surface area (Å²) in [6.07, 6.45) is 2.22. The van der Waals surface area contributed by atoms with Crippen molar-refractivity contribution in [3.63, 3.8) is 0 Å². The Labute approximate surface area is 151 Å². The van der Waals surface area contributed by atoms with E-state index in [4.69, 9.17) is 4.52 Å². The second-order valence-corrected chi connectivity index (χ2v) is 7.00. The molecule has 0 saturated carbocycles. The number of anilines is 1. The maximum absolute atomic E-state index is 12.5. The van der Waals surface area contributed by atoms with Gasteiger partial charge in [0.05, 0.1) is 18.4 Å². The van der Waals surface area contributed by atoms with Crippen LogP contribution in [-0.2, 0) is 20.0 Å². The Morgan fingerprint density at radius 1 is 1.35 bits per heavy atom. The highest BCUT2D eigenvalue weighted by atomic mass is 32.1. The molecule has 0 saturated heterocycles. The van der Waals surface area contributed by atoms with E-state index in [0.717, 1.165) is 10.6 Å². The highest BCUT2D eigenvalue weighted by Crippen LogP contribution is 2.29. The van der Waals surface area contributed by atoms with Crippen molar-refractivity contribution in [3.05, 3.63) is 40.0 Å². The number of hydrogen-bond acceptors (Lipinski definition) is 8. The summed E-state index contributed by atoms with van der Waals surface area (Å²) in [5.41, 5.74) is 1.41. The van der Waals surface area contributed by atoms with Gasteiger partial charge in [-0.15, -0.1) is 5.10 Å². The lowest BCUT2D eigenvalue weighted by Crippen LogP contribution is -2.35. The summed E-state index contributed by atoms with van der Waals surface area (Å²) in [4.78, 5) is 31.8. The van der Waals surface area contributed by atoms with Crippen LogP contribution in [0.1, 0.15) is 37.3 Å². The predicted molar refractivity (Wildman–Crippen MR) is 90.8 cm³/mol. The standard InChI is InChI=1S/C15H15N7O3S/c1-8-5-10(19-25-8)13(23)17-15-16-9-3-4-22(7-12(9)26-15)14(24)11-6-21(2)20-18-11/h5-6H,3-4,7H2,1-2H3,(H,16,17,23). The number of thiazole rings is 1. The minimum absolute atomic E-state index is 0.166. The predicted octanol–water partition coefficient (Wildman–Crippen LogP) is 1.02. The highest BCUT2D eigenvalue weighted by molar-refractivity contribution is 7.15. The number of nitrogens with zero attached hydrogens (tertiary/aromatic N) is 6. The number of nitrogens with one attached hydrogen (secondary N) is 1. The van der Waals surface area contributed by atoms with Gasteiger partial charge < -0.3 is 9.42 Å². The number of carbonyl (C=O) groups excluding carboxylic acids is 2. The molecule has 10 nitrogen and oxygen atoms in total. The van der Waals surface area contributed by atoms with Crippen LogP contribution in [0.15, 0.2) is 16.8 Å². The normalized spacial score (nSPS) is 13.5. The largest absolute Gasteiger partial charge is 0.361 e. The van der Waals surface area contributed by atoms with Crippen LogP contribution in [0, 0.1) is 6.92 Å². The summed E-state index contributed by atoms with van der Waals surface area (Å²) in [6, 6.07) is 1.56. The van der Waals surface area contributed by atoms with Gasteiger partial charge in [0.15, 0.2) is 16.5 Å². The van der Waals surface area contributed by atoms with Gasteiger partial charge in [0.2, 0.25) is 0 Å². The molecule has 0 radical (unpaired) electrons. The van der Waals surface area contributed by atoms with Crippen LogP contribution in [-0.4, -0.2) is 48.4 Å². The molecule has 0 aliphatic carbocycles. The molecule has 0 spiro atoms. The van der Waals surface area contributed by atoms with Crippen LogP contribution in [0.4, 0.5) is 5.13 Å². The zero-order valence-electron chi connectivity index (χ0n) is 14.1. The Morgan fingerprint density at radius 3 is 2.88 bits per heavy atom. The molecule has 0 unspecified atom stereocenters. The first-order chi connectivity index (χ1) is 12.5. The molecular weight excluding hydrogens is 358 g/mol. The summed E-state index contributed by atoms with van der Waals surface area (Å²) < 4.78 is 6.40. The summed E-state index contributed by atoms with van der Waals surface area (Å²) in [5.74, 6) is 0.0213. The minimum Gasteiger partial charge on any atom is -0.361 e. The Kier molecular flexibility index (Phi) is 3.99. The smallest absolute Gasteiger partial charge is 0.279 e. The third-order valence-electron chi connectivity index (χ3n) is 3.92. The van der Waals surface area contributed by atoms with Gasteiger partial charge in [0.25, 0.3) is 11.8 Å². The molecule has 4 heterocycles. The van der Waals surface area contributed by atoms with Crippen LogP contribution in [0.2, 0.25) is 0 Å². The molecule has 3 aromatic heterocycles. The van der Waals surface area contributed by atoms with Crippen molar-refractivity contribution in [1.82, 2.24) is 30.0 Å². The lowest BCUT2D eigenvalue weighted by atomic mass is 10.1. The lowest BCUT2D eigenvalue weighted by Gasteiger charge is -2.25. The van der Waals surface area contributed by atoms with E-state index in [9.17, 15) is 9.59 Å². The molecule has 2 amide bonds. The molecule has 0 bridgehead atoms. The fourth-order valence-corrected chi connectivity index (χ4v) is 3.68. The third-order valence-corrected chi connectivity index (χ3v) is 4.92. The second kappa shape index (κ2) is 6.33. The van der Waals surface area contributed by atoms with E-state index in [1.165, 1.54) is 16.0 Å². The van der Waals surface area contributed by atoms with Gasteiger partial charge in [-0.05, 0) is 6.92 Å². The average Bonchev–Trinajstić information content (AvgIpc) is 3.32. The van der Waals surface area contributed by atoms with Gasteiger partial charge in [-0.2, -0.15) is 0 Å². The Balaban J connectivity index is 1.47. The molecule has 3 aromatic rings. The van der Waals surface area contributed by atoms with Gasteiger partial charge in [0.1, 0.15) is 5.76 Å². The summed E-state index contributed by atoms with van der Waals surface area (Å²) in [6.45, 7) is 2.69. The molecule has 4 rings (SSSR count). The van der Waals surface area contributed by atoms with E-state index in [1.807, 2.05) is 0 Å². The lowest BCUT2D eigenvalue weighted by molar-refractivity contribution is 0.0730. The zero-order valence-corrected chi connectivity index (χ0v) is 14.9. The summed E-state index contributed by atoms with van der Waals surface area (Å²) in [7, 11) is 1.71. The number of carbonyl (C=O) groups is 2. The maximum Gasteiger partial charge on any atom is 0.279 e. The molecule has 0 atom stereocenters. The number of hydrogen-bond donors (Lipinski definition) is 1. The highest BCUT2D eigenvalue weighted by Gasteiger charge is 2.27. The van der Waals surface area contributed by atoms with Crippen molar-refractivity contribution in [2.75, 3.05) is 11.9 Å². The van der Waals surface area contributed by atoms with E-state index in [-0.39, 0.29) is 17.5 Å². The van der Waals surface area contributed by atoms with Crippen LogP contribution < -0.4 is 5.32 Å². The van der Waals surface area contributed by atoms with Crippen LogP contribution in [0.25, 0.3) is 0 Å². The molecule has 26 heavy (non-hydrogen) atoms. The van der Waals surface area contributed by atoms with E-state index < -0.39 is 0 Å². The van der Waals surface area contributed by atoms with Crippen LogP contribution in [0.3, 0.4) is 0 Å². The molecule has 1 aliphatic heterocycles. The second-order valence-electron chi connectivity index (χ2n) is 5.92. The van der Waals surface area contributed by atoms with Crippen molar-refractivity contribution >= 4 is 28.3 Å².